The lowest BCUT2D eigenvalue weighted by Gasteiger charge is -2.25. The van der Waals surface area contributed by atoms with Gasteiger partial charge in [0.05, 0.1) is 12.2 Å². The van der Waals surface area contributed by atoms with E-state index in [4.69, 9.17) is 4.74 Å². The SMILES string of the molecule is C=COC(=O)C1CCCCC1C. The Morgan fingerprint density at radius 1 is 1.50 bits per heavy atom. The molecule has 1 saturated carbocycles. The zero-order valence-electron chi connectivity index (χ0n) is 7.58. The molecule has 0 bridgehead atoms. The highest BCUT2D eigenvalue weighted by Gasteiger charge is 2.28. The maximum Gasteiger partial charge on any atom is 0.313 e. The van der Waals surface area contributed by atoms with Crippen molar-refractivity contribution in [3.63, 3.8) is 0 Å². The van der Waals surface area contributed by atoms with E-state index in [1.165, 1.54) is 12.7 Å². The molecule has 0 radical (unpaired) electrons. The molecule has 0 aromatic rings. The van der Waals surface area contributed by atoms with E-state index in [2.05, 4.69) is 13.5 Å². The first-order chi connectivity index (χ1) is 5.75. The van der Waals surface area contributed by atoms with Gasteiger partial charge < -0.3 is 4.74 Å². The van der Waals surface area contributed by atoms with E-state index in [-0.39, 0.29) is 11.9 Å². The molecule has 12 heavy (non-hydrogen) atoms. The first-order valence-corrected chi connectivity index (χ1v) is 4.57. The van der Waals surface area contributed by atoms with Crippen LogP contribution in [0.3, 0.4) is 0 Å². The van der Waals surface area contributed by atoms with Crippen LogP contribution in [-0.4, -0.2) is 5.97 Å². The third-order valence-electron chi connectivity index (χ3n) is 2.61. The molecule has 2 unspecified atom stereocenters. The molecule has 2 heteroatoms. The summed E-state index contributed by atoms with van der Waals surface area (Å²) in [7, 11) is 0. The predicted octanol–water partition coefficient (Wildman–Crippen LogP) is 2.50. The first kappa shape index (κ1) is 9.30. The standard InChI is InChI=1S/C10H16O2/c1-3-12-10(11)9-7-5-4-6-8(9)2/h3,8-9H,1,4-7H2,2H3. The summed E-state index contributed by atoms with van der Waals surface area (Å²) in [6.45, 7) is 5.50. The van der Waals surface area contributed by atoms with Crippen molar-refractivity contribution in [3.05, 3.63) is 12.8 Å². The van der Waals surface area contributed by atoms with Crippen molar-refractivity contribution < 1.29 is 9.53 Å². The summed E-state index contributed by atoms with van der Waals surface area (Å²) in [5, 5.41) is 0. The summed E-state index contributed by atoms with van der Waals surface area (Å²) < 4.78 is 4.78. The van der Waals surface area contributed by atoms with E-state index >= 15 is 0 Å². The van der Waals surface area contributed by atoms with Crippen LogP contribution in [0.5, 0.6) is 0 Å². The van der Waals surface area contributed by atoms with Crippen LogP contribution in [0.4, 0.5) is 0 Å². The molecule has 0 heterocycles. The molecule has 0 aromatic heterocycles. The van der Waals surface area contributed by atoms with Gasteiger partial charge in [-0.25, -0.2) is 0 Å². The number of hydrogen-bond donors (Lipinski definition) is 0. The summed E-state index contributed by atoms with van der Waals surface area (Å²) >= 11 is 0. The molecule has 1 fully saturated rings. The molecular weight excluding hydrogens is 152 g/mol. The second kappa shape index (κ2) is 4.29. The third-order valence-corrected chi connectivity index (χ3v) is 2.61. The van der Waals surface area contributed by atoms with Gasteiger partial charge in [0.1, 0.15) is 0 Å². The lowest BCUT2D eigenvalue weighted by molar-refractivity contribution is -0.145. The number of hydrogen-bond acceptors (Lipinski definition) is 2. The average molecular weight is 168 g/mol. The van der Waals surface area contributed by atoms with Crippen LogP contribution in [0.25, 0.3) is 0 Å². The maximum atomic E-state index is 11.3. The largest absolute Gasteiger partial charge is 0.435 e. The zero-order valence-corrected chi connectivity index (χ0v) is 7.58. The fraction of sp³-hybridized carbons (Fsp3) is 0.700. The minimum Gasteiger partial charge on any atom is -0.435 e. The van der Waals surface area contributed by atoms with E-state index in [1.807, 2.05) is 0 Å². The molecular formula is C10H16O2. The van der Waals surface area contributed by atoms with Gasteiger partial charge in [-0.3, -0.25) is 4.79 Å². The van der Waals surface area contributed by atoms with E-state index in [0.29, 0.717) is 5.92 Å². The van der Waals surface area contributed by atoms with E-state index in [9.17, 15) is 4.79 Å². The van der Waals surface area contributed by atoms with E-state index in [1.54, 1.807) is 0 Å². The van der Waals surface area contributed by atoms with Crippen molar-refractivity contribution in [3.8, 4) is 0 Å². The molecule has 0 aromatic carbocycles. The van der Waals surface area contributed by atoms with Crippen molar-refractivity contribution in [2.45, 2.75) is 32.6 Å². The highest BCUT2D eigenvalue weighted by Crippen LogP contribution is 2.30. The minimum atomic E-state index is -0.0998. The third kappa shape index (κ3) is 2.10. The number of carbonyl (C=O) groups excluding carboxylic acids is 1. The maximum absolute atomic E-state index is 11.3. The average Bonchev–Trinajstić information content (AvgIpc) is 2.05. The number of rotatable bonds is 2. The first-order valence-electron chi connectivity index (χ1n) is 4.57. The van der Waals surface area contributed by atoms with Crippen molar-refractivity contribution in [2.24, 2.45) is 11.8 Å². The molecule has 1 aliphatic rings. The van der Waals surface area contributed by atoms with Gasteiger partial charge in [0.15, 0.2) is 0 Å². The van der Waals surface area contributed by atoms with Crippen molar-refractivity contribution in [2.75, 3.05) is 0 Å². The molecule has 68 valence electrons. The number of carbonyl (C=O) groups is 1. The Hall–Kier alpha value is -0.790. The van der Waals surface area contributed by atoms with Gasteiger partial charge in [-0.15, -0.1) is 0 Å². The Morgan fingerprint density at radius 3 is 2.75 bits per heavy atom. The van der Waals surface area contributed by atoms with Crippen molar-refractivity contribution in [1.82, 2.24) is 0 Å². The van der Waals surface area contributed by atoms with Gasteiger partial charge in [-0.1, -0.05) is 26.3 Å². The molecule has 0 aliphatic heterocycles. The molecule has 2 atom stereocenters. The Morgan fingerprint density at radius 2 is 2.17 bits per heavy atom. The molecule has 0 amide bonds. The van der Waals surface area contributed by atoms with Crippen molar-refractivity contribution >= 4 is 5.97 Å². The smallest absolute Gasteiger partial charge is 0.313 e. The summed E-state index contributed by atoms with van der Waals surface area (Å²) in [4.78, 5) is 11.3. The highest BCUT2D eigenvalue weighted by atomic mass is 16.5. The second-order valence-corrected chi connectivity index (χ2v) is 3.47. The van der Waals surface area contributed by atoms with E-state index < -0.39 is 0 Å². The van der Waals surface area contributed by atoms with Crippen LogP contribution in [0.2, 0.25) is 0 Å². The second-order valence-electron chi connectivity index (χ2n) is 3.47. The van der Waals surface area contributed by atoms with Crippen LogP contribution in [0.15, 0.2) is 12.8 Å². The topological polar surface area (TPSA) is 26.3 Å². The molecule has 1 rings (SSSR count). The number of esters is 1. The van der Waals surface area contributed by atoms with Gasteiger partial charge >= 0.3 is 5.97 Å². The fourth-order valence-electron chi connectivity index (χ4n) is 1.84. The van der Waals surface area contributed by atoms with Gasteiger partial charge in [0.2, 0.25) is 0 Å². The van der Waals surface area contributed by atoms with Crippen LogP contribution >= 0.6 is 0 Å². The quantitative estimate of drug-likeness (QED) is 0.467. The fourth-order valence-corrected chi connectivity index (χ4v) is 1.84. The molecule has 0 spiro atoms. The summed E-state index contributed by atoms with van der Waals surface area (Å²) in [6, 6.07) is 0. The molecule has 2 nitrogen and oxygen atoms in total. The Bertz CT molecular complexity index is 175. The summed E-state index contributed by atoms with van der Waals surface area (Å²) in [6.07, 6.45) is 5.76. The zero-order chi connectivity index (χ0) is 8.97. The normalized spacial score (nSPS) is 29.4. The lowest BCUT2D eigenvalue weighted by Crippen LogP contribution is -2.25. The van der Waals surface area contributed by atoms with Crippen LogP contribution < -0.4 is 0 Å². The Balaban J connectivity index is 2.47. The van der Waals surface area contributed by atoms with Gasteiger partial charge in [0.25, 0.3) is 0 Å². The minimum absolute atomic E-state index is 0.0998. The molecule has 0 saturated heterocycles. The monoisotopic (exact) mass is 168 g/mol. The predicted molar refractivity (Wildman–Crippen MR) is 47.4 cm³/mol. The summed E-state index contributed by atoms with van der Waals surface area (Å²) in [5.74, 6) is 0.486. The van der Waals surface area contributed by atoms with Crippen molar-refractivity contribution in [1.29, 1.82) is 0 Å². The van der Waals surface area contributed by atoms with Crippen LogP contribution in [-0.2, 0) is 9.53 Å². The van der Waals surface area contributed by atoms with Crippen LogP contribution in [0.1, 0.15) is 32.6 Å². The van der Waals surface area contributed by atoms with Gasteiger partial charge in [-0.2, -0.15) is 0 Å². The van der Waals surface area contributed by atoms with E-state index in [0.717, 1.165) is 19.3 Å². The Kier molecular flexibility index (Phi) is 3.32. The molecule has 0 N–H and O–H groups in total. The van der Waals surface area contributed by atoms with Crippen LogP contribution in [0, 0.1) is 11.8 Å². The highest BCUT2D eigenvalue weighted by molar-refractivity contribution is 5.73. The Labute approximate surface area is 73.6 Å². The summed E-state index contributed by atoms with van der Waals surface area (Å²) in [5.41, 5.74) is 0. The lowest BCUT2D eigenvalue weighted by atomic mass is 9.80. The van der Waals surface area contributed by atoms with Gasteiger partial charge in [0, 0.05) is 0 Å². The molecule has 1 aliphatic carbocycles. The van der Waals surface area contributed by atoms with Gasteiger partial charge in [-0.05, 0) is 18.8 Å². The number of ether oxygens (including phenoxy) is 1.